The van der Waals surface area contributed by atoms with Crippen LogP contribution in [0, 0.1) is 11.3 Å². The van der Waals surface area contributed by atoms with E-state index in [9.17, 15) is 18.0 Å². The maximum Gasteiger partial charge on any atom is 0.340 e. The number of carbonyl (C=O) groups excluding carboxylic acids is 2. The molecule has 1 aromatic carbocycles. The molecule has 0 bridgehead atoms. The first-order chi connectivity index (χ1) is 11.2. The van der Waals surface area contributed by atoms with Gasteiger partial charge in [0.2, 0.25) is 0 Å². The number of carbonyl (C=O) groups is 2. The van der Waals surface area contributed by atoms with Crippen LogP contribution < -0.4 is 0 Å². The molecule has 0 saturated carbocycles. The summed E-state index contributed by atoms with van der Waals surface area (Å²) in [6.07, 6.45) is -0.918. The van der Waals surface area contributed by atoms with Gasteiger partial charge in [0.15, 0.2) is 15.9 Å². The van der Waals surface area contributed by atoms with E-state index in [1.165, 1.54) is 50.1 Å². The second-order valence-corrected chi connectivity index (χ2v) is 7.36. The molecule has 1 atom stereocenters. The number of hydrogen-bond acceptors (Lipinski definition) is 6. The standard InChI is InChI=1S/C16H20N2O5S/c1-4-24(21,22)14-9-6-5-8-13(14)16(20)23-12(2)15(19)18(3)11-7-10-17/h5-6,8-9,12H,4,7,11H2,1-3H3/t12-/m1/s1. The minimum absolute atomic E-state index is 0.0984. The van der Waals surface area contributed by atoms with E-state index in [0.29, 0.717) is 0 Å². The summed E-state index contributed by atoms with van der Waals surface area (Å²) in [7, 11) is -2.09. The highest BCUT2D eigenvalue weighted by Crippen LogP contribution is 2.18. The van der Waals surface area contributed by atoms with Crippen molar-refractivity contribution in [2.24, 2.45) is 0 Å². The van der Waals surface area contributed by atoms with Crippen LogP contribution in [-0.4, -0.2) is 50.6 Å². The predicted molar refractivity (Wildman–Crippen MR) is 86.9 cm³/mol. The van der Waals surface area contributed by atoms with Gasteiger partial charge in [0.25, 0.3) is 5.91 Å². The number of rotatable bonds is 7. The molecule has 0 saturated heterocycles. The van der Waals surface area contributed by atoms with Crippen molar-refractivity contribution < 1.29 is 22.7 Å². The summed E-state index contributed by atoms with van der Waals surface area (Å²) in [6.45, 7) is 3.10. The molecule has 0 aromatic heterocycles. The Morgan fingerprint density at radius 1 is 1.33 bits per heavy atom. The number of sulfone groups is 1. The van der Waals surface area contributed by atoms with E-state index < -0.39 is 27.8 Å². The molecule has 24 heavy (non-hydrogen) atoms. The Labute approximate surface area is 141 Å². The van der Waals surface area contributed by atoms with Crippen LogP contribution in [0.1, 0.15) is 30.6 Å². The van der Waals surface area contributed by atoms with Gasteiger partial charge < -0.3 is 9.64 Å². The first-order valence-corrected chi connectivity index (χ1v) is 9.04. The van der Waals surface area contributed by atoms with Crippen LogP contribution >= 0.6 is 0 Å². The molecular formula is C16H20N2O5S. The summed E-state index contributed by atoms with van der Waals surface area (Å²) < 4.78 is 29.2. The summed E-state index contributed by atoms with van der Waals surface area (Å²) in [5.41, 5.74) is -0.0984. The van der Waals surface area contributed by atoms with Crippen LogP contribution in [0.25, 0.3) is 0 Å². The topological polar surface area (TPSA) is 105 Å². The van der Waals surface area contributed by atoms with Crippen molar-refractivity contribution in [3.05, 3.63) is 29.8 Å². The fourth-order valence-corrected chi connectivity index (χ4v) is 3.06. The minimum atomic E-state index is -3.59. The molecule has 7 nitrogen and oxygen atoms in total. The highest BCUT2D eigenvalue weighted by molar-refractivity contribution is 7.91. The monoisotopic (exact) mass is 352 g/mol. The van der Waals surface area contributed by atoms with E-state index in [0.717, 1.165) is 0 Å². The lowest BCUT2D eigenvalue weighted by atomic mass is 10.2. The van der Waals surface area contributed by atoms with E-state index in [1.807, 2.05) is 6.07 Å². The average Bonchev–Trinajstić information content (AvgIpc) is 2.58. The van der Waals surface area contributed by atoms with Gasteiger partial charge in [0.1, 0.15) is 0 Å². The molecule has 0 N–H and O–H groups in total. The number of likely N-dealkylation sites (N-methyl/N-ethyl adjacent to an activating group) is 1. The van der Waals surface area contributed by atoms with Crippen molar-refractivity contribution >= 4 is 21.7 Å². The number of hydrogen-bond donors (Lipinski definition) is 0. The van der Waals surface area contributed by atoms with Gasteiger partial charge in [-0.3, -0.25) is 4.79 Å². The summed E-state index contributed by atoms with van der Waals surface area (Å²) in [4.78, 5) is 25.5. The Hall–Kier alpha value is -2.40. The number of nitriles is 1. The molecule has 0 aliphatic carbocycles. The largest absolute Gasteiger partial charge is 0.449 e. The third-order valence-corrected chi connectivity index (χ3v) is 5.18. The van der Waals surface area contributed by atoms with Crippen LogP contribution in [0.5, 0.6) is 0 Å². The smallest absolute Gasteiger partial charge is 0.340 e. The van der Waals surface area contributed by atoms with Gasteiger partial charge in [0.05, 0.1) is 28.7 Å². The van der Waals surface area contributed by atoms with E-state index in [1.54, 1.807) is 0 Å². The maximum absolute atomic E-state index is 12.3. The molecule has 0 heterocycles. The summed E-state index contributed by atoms with van der Waals surface area (Å²) in [6, 6.07) is 7.65. The lowest BCUT2D eigenvalue weighted by Crippen LogP contribution is -2.38. The third kappa shape index (κ3) is 4.80. The first kappa shape index (κ1) is 19.6. The van der Waals surface area contributed by atoms with Crippen LogP contribution in [0.3, 0.4) is 0 Å². The zero-order chi connectivity index (χ0) is 18.3. The van der Waals surface area contributed by atoms with Crippen molar-refractivity contribution in [1.82, 2.24) is 4.90 Å². The second-order valence-electron chi connectivity index (χ2n) is 5.12. The van der Waals surface area contributed by atoms with Gasteiger partial charge in [-0.15, -0.1) is 0 Å². The van der Waals surface area contributed by atoms with Gasteiger partial charge in [-0.05, 0) is 19.1 Å². The molecule has 0 aliphatic rings. The normalized spacial score (nSPS) is 12.1. The van der Waals surface area contributed by atoms with Crippen LogP contribution in [0.2, 0.25) is 0 Å². The van der Waals surface area contributed by atoms with Crippen molar-refractivity contribution in [2.75, 3.05) is 19.3 Å². The Morgan fingerprint density at radius 3 is 2.54 bits per heavy atom. The Balaban J connectivity index is 2.94. The number of benzene rings is 1. The fourth-order valence-electron chi connectivity index (χ4n) is 1.97. The van der Waals surface area contributed by atoms with Gasteiger partial charge in [0, 0.05) is 13.6 Å². The molecule has 1 rings (SSSR count). The zero-order valence-corrected chi connectivity index (χ0v) is 14.7. The van der Waals surface area contributed by atoms with Crippen LogP contribution in [0.4, 0.5) is 0 Å². The van der Waals surface area contributed by atoms with Crippen molar-refractivity contribution in [1.29, 1.82) is 5.26 Å². The van der Waals surface area contributed by atoms with Gasteiger partial charge >= 0.3 is 5.97 Å². The van der Waals surface area contributed by atoms with Gasteiger partial charge in [-0.25, -0.2) is 13.2 Å². The molecule has 130 valence electrons. The quantitative estimate of drug-likeness (QED) is 0.687. The molecule has 0 spiro atoms. The highest BCUT2D eigenvalue weighted by Gasteiger charge is 2.26. The molecular weight excluding hydrogens is 332 g/mol. The number of esters is 1. The van der Waals surface area contributed by atoms with E-state index in [4.69, 9.17) is 10.00 Å². The van der Waals surface area contributed by atoms with Crippen molar-refractivity contribution in [2.45, 2.75) is 31.3 Å². The van der Waals surface area contributed by atoms with Crippen LogP contribution in [0.15, 0.2) is 29.2 Å². The fraction of sp³-hybridized carbons (Fsp3) is 0.438. The number of ether oxygens (including phenoxy) is 1. The Bertz CT molecular complexity index is 752. The molecule has 0 aliphatic heterocycles. The van der Waals surface area contributed by atoms with E-state index in [-0.39, 0.29) is 29.2 Å². The molecule has 0 unspecified atom stereocenters. The van der Waals surface area contributed by atoms with Gasteiger partial charge in [-0.1, -0.05) is 19.1 Å². The molecule has 1 amide bonds. The third-order valence-electron chi connectivity index (χ3n) is 3.39. The first-order valence-electron chi connectivity index (χ1n) is 7.39. The molecule has 8 heteroatoms. The summed E-state index contributed by atoms with van der Waals surface area (Å²) in [5.74, 6) is -1.49. The minimum Gasteiger partial charge on any atom is -0.449 e. The average molecular weight is 352 g/mol. The molecule has 1 aromatic rings. The molecule has 0 fully saturated rings. The zero-order valence-electron chi connectivity index (χ0n) is 13.9. The maximum atomic E-state index is 12.3. The second kappa shape index (κ2) is 8.45. The lowest BCUT2D eigenvalue weighted by molar-refractivity contribution is -0.138. The van der Waals surface area contributed by atoms with Crippen molar-refractivity contribution in [3.63, 3.8) is 0 Å². The van der Waals surface area contributed by atoms with E-state index in [2.05, 4.69) is 0 Å². The van der Waals surface area contributed by atoms with Crippen LogP contribution in [-0.2, 0) is 19.4 Å². The SMILES string of the molecule is CCS(=O)(=O)c1ccccc1C(=O)O[C@H](C)C(=O)N(C)CCC#N. The summed E-state index contributed by atoms with van der Waals surface area (Å²) in [5, 5.41) is 8.53. The number of amides is 1. The summed E-state index contributed by atoms with van der Waals surface area (Å²) >= 11 is 0. The Kier molecular flexibility index (Phi) is 6.92. The predicted octanol–water partition coefficient (Wildman–Crippen LogP) is 1.40. The number of nitrogens with zero attached hydrogens (tertiary/aromatic N) is 2. The molecule has 0 radical (unpaired) electrons. The van der Waals surface area contributed by atoms with E-state index >= 15 is 0 Å². The van der Waals surface area contributed by atoms with Gasteiger partial charge in [-0.2, -0.15) is 5.26 Å². The highest BCUT2D eigenvalue weighted by atomic mass is 32.2. The lowest BCUT2D eigenvalue weighted by Gasteiger charge is -2.20. The Morgan fingerprint density at radius 2 is 1.96 bits per heavy atom. The van der Waals surface area contributed by atoms with Crippen molar-refractivity contribution in [3.8, 4) is 6.07 Å².